The van der Waals surface area contributed by atoms with Crippen molar-refractivity contribution < 1.29 is 4.74 Å². The van der Waals surface area contributed by atoms with Crippen LogP contribution in [-0.4, -0.2) is 40.9 Å². The van der Waals surface area contributed by atoms with E-state index in [0.717, 1.165) is 19.6 Å². The predicted octanol–water partition coefficient (Wildman–Crippen LogP) is 0.501. The van der Waals surface area contributed by atoms with Gasteiger partial charge in [0.1, 0.15) is 6.61 Å². The van der Waals surface area contributed by atoms with E-state index in [0.29, 0.717) is 12.5 Å². The average molecular weight is 225 g/mol. The molecule has 1 aromatic rings. The zero-order valence-corrected chi connectivity index (χ0v) is 10.1. The first-order valence-corrected chi connectivity index (χ1v) is 5.56. The maximum absolute atomic E-state index is 11.1. The Labute approximate surface area is 95.6 Å². The monoisotopic (exact) mass is 225 g/mol. The molecule has 0 N–H and O–H groups in total. The second-order valence-electron chi connectivity index (χ2n) is 3.51. The van der Waals surface area contributed by atoms with Crippen LogP contribution in [-0.2, 0) is 7.05 Å². The molecular weight excluding hydrogens is 206 g/mol. The number of rotatable bonds is 6. The van der Waals surface area contributed by atoms with Crippen molar-refractivity contribution in [2.24, 2.45) is 7.05 Å². The number of aryl methyl sites for hydroxylation is 1. The number of hydrogen-bond acceptors (Lipinski definition) is 4. The molecule has 0 aromatic carbocycles. The van der Waals surface area contributed by atoms with Gasteiger partial charge in [0.15, 0.2) is 0 Å². The summed E-state index contributed by atoms with van der Waals surface area (Å²) in [5.74, 6) is 0.495. The summed E-state index contributed by atoms with van der Waals surface area (Å²) in [4.78, 5) is 13.3. The number of aromatic nitrogens is 2. The summed E-state index contributed by atoms with van der Waals surface area (Å²) in [5.41, 5.74) is -0.129. The van der Waals surface area contributed by atoms with Gasteiger partial charge in [-0.25, -0.2) is 4.68 Å². The second-order valence-corrected chi connectivity index (χ2v) is 3.51. The first kappa shape index (κ1) is 12.7. The third kappa shape index (κ3) is 3.66. The van der Waals surface area contributed by atoms with Crippen molar-refractivity contribution in [2.45, 2.75) is 13.8 Å². The van der Waals surface area contributed by atoms with Crippen LogP contribution in [0.5, 0.6) is 5.88 Å². The average Bonchev–Trinajstić information content (AvgIpc) is 2.29. The summed E-state index contributed by atoms with van der Waals surface area (Å²) in [5, 5.41) is 3.98. The molecule has 1 rings (SSSR count). The summed E-state index contributed by atoms with van der Waals surface area (Å²) < 4.78 is 6.73. The Bertz CT molecular complexity index is 372. The molecule has 16 heavy (non-hydrogen) atoms. The lowest BCUT2D eigenvalue weighted by Crippen LogP contribution is -2.28. The first-order chi connectivity index (χ1) is 7.67. The van der Waals surface area contributed by atoms with Gasteiger partial charge in [0.2, 0.25) is 5.88 Å². The fourth-order valence-electron chi connectivity index (χ4n) is 1.38. The lowest BCUT2D eigenvalue weighted by molar-refractivity contribution is 0.215. The van der Waals surface area contributed by atoms with E-state index in [9.17, 15) is 4.79 Å². The Kier molecular flexibility index (Phi) is 4.98. The van der Waals surface area contributed by atoms with E-state index in [1.165, 1.54) is 10.7 Å². The summed E-state index contributed by atoms with van der Waals surface area (Å²) in [6.07, 6.45) is 0. The number of hydrogen-bond donors (Lipinski definition) is 0. The van der Waals surface area contributed by atoms with E-state index >= 15 is 0 Å². The van der Waals surface area contributed by atoms with Crippen LogP contribution in [0.25, 0.3) is 0 Å². The highest BCUT2D eigenvalue weighted by molar-refractivity contribution is 5.06. The smallest absolute Gasteiger partial charge is 0.266 e. The van der Waals surface area contributed by atoms with Crippen LogP contribution in [0.2, 0.25) is 0 Å². The highest BCUT2D eigenvalue weighted by Gasteiger charge is 2.01. The lowest BCUT2D eigenvalue weighted by Gasteiger charge is -2.17. The molecule has 1 aromatic heterocycles. The van der Waals surface area contributed by atoms with Gasteiger partial charge >= 0.3 is 0 Å². The second kappa shape index (κ2) is 6.27. The molecule has 5 nitrogen and oxygen atoms in total. The molecule has 0 fully saturated rings. The van der Waals surface area contributed by atoms with Crippen molar-refractivity contribution in [1.29, 1.82) is 0 Å². The predicted molar refractivity (Wildman–Crippen MR) is 62.8 cm³/mol. The molecule has 0 aliphatic rings. The minimum absolute atomic E-state index is 0.129. The van der Waals surface area contributed by atoms with Crippen molar-refractivity contribution in [2.75, 3.05) is 26.2 Å². The molecule has 90 valence electrons. The standard InChI is InChI=1S/C11H19N3O2/c1-4-14(5-2)8-9-16-10-6-7-11(15)13(3)12-10/h6-7H,4-5,8-9H2,1-3H3. The van der Waals surface area contributed by atoms with Gasteiger partial charge in [-0.1, -0.05) is 13.8 Å². The summed E-state index contributed by atoms with van der Waals surface area (Å²) >= 11 is 0. The zero-order chi connectivity index (χ0) is 12.0. The third-order valence-electron chi connectivity index (χ3n) is 2.49. The van der Waals surface area contributed by atoms with Gasteiger partial charge in [-0.05, 0) is 13.1 Å². The molecule has 0 saturated carbocycles. The Morgan fingerprint density at radius 1 is 1.38 bits per heavy atom. The first-order valence-electron chi connectivity index (χ1n) is 5.56. The number of nitrogens with zero attached hydrogens (tertiary/aromatic N) is 3. The van der Waals surface area contributed by atoms with Crippen molar-refractivity contribution in [3.63, 3.8) is 0 Å². The SMILES string of the molecule is CCN(CC)CCOc1ccc(=O)n(C)n1. The van der Waals surface area contributed by atoms with Crippen LogP contribution in [0.1, 0.15) is 13.8 Å². The van der Waals surface area contributed by atoms with Crippen LogP contribution < -0.4 is 10.3 Å². The fraction of sp³-hybridized carbons (Fsp3) is 0.636. The highest BCUT2D eigenvalue weighted by Crippen LogP contribution is 2.00. The molecule has 0 amide bonds. The molecule has 0 radical (unpaired) electrons. The summed E-state index contributed by atoms with van der Waals surface area (Å²) in [6.45, 7) is 7.73. The van der Waals surface area contributed by atoms with E-state index in [1.54, 1.807) is 13.1 Å². The highest BCUT2D eigenvalue weighted by atomic mass is 16.5. The van der Waals surface area contributed by atoms with Crippen LogP contribution in [0.4, 0.5) is 0 Å². The van der Waals surface area contributed by atoms with Gasteiger partial charge in [0.05, 0.1) is 0 Å². The number of ether oxygens (including phenoxy) is 1. The fourth-order valence-corrected chi connectivity index (χ4v) is 1.38. The van der Waals surface area contributed by atoms with Crippen molar-refractivity contribution in [3.8, 4) is 5.88 Å². The van der Waals surface area contributed by atoms with Gasteiger partial charge in [0, 0.05) is 25.7 Å². The maximum atomic E-state index is 11.1. The van der Waals surface area contributed by atoms with Gasteiger partial charge in [0.25, 0.3) is 5.56 Å². The molecule has 0 unspecified atom stereocenters. The van der Waals surface area contributed by atoms with Gasteiger partial charge in [-0.2, -0.15) is 0 Å². The van der Waals surface area contributed by atoms with E-state index in [1.807, 2.05) is 0 Å². The summed E-state index contributed by atoms with van der Waals surface area (Å²) in [6, 6.07) is 3.06. The lowest BCUT2D eigenvalue weighted by atomic mass is 10.5. The molecule has 0 spiro atoms. The van der Waals surface area contributed by atoms with E-state index in [4.69, 9.17) is 4.74 Å². The minimum atomic E-state index is -0.129. The summed E-state index contributed by atoms with van der Waals surface area (Å²) in [7, 11) is 1.61. The molecule has 0 aliphatic carbocycles. The van der Waals surface area contributed by atoms with Crippen LogP contribution >= 0.6 is 0 Å². The molecule has 0 saturated heterocycles. The Morgan fingerprint density at radius 3 is 2.62 bits per heavy atom. The Morgan fingerprint density at radius 2 is 2.06 bits per heavy atom. The van der Waals surface area contributed by atoms with Crippen LogP contribution in [0, 0.1) is 0 Å². The quantitative estimate of drug-likeness (QED) is 0.707. The van der Waals surface area contributed by atoms with Gasteiger partial charge in [-0.15, -0.1) is 5.10 Å². The Hall–Kier alpha value is -1.36. The maximum Gasteiger partial charge on any atom is 0.266 e. The molecular formula is C11H19N3O2. The van der Waals surface area contributed by atoms with E-state index < -0.39 is 0 Å². The molecule has 0 bridgehead atoms. The van der Waals surface area contributed by atoms with Crippen LogP contribution in [0.15, 0.2) is 16.9 Å². The largest absolute Gasteiger partial charge is 0.475 e. The van der Waals surface area contributed by atoms with Crippen molar-refractivity contribution >= 4 is 0 Å². The van der Waals surface area contributed by atoms with E-state index in [-0.39, 0.29) is 5.56 Å². The van der Waals surface area contributed by atoms with Crippen molar-refractivity contribution in [3.05, 3.63) is 22.5 Å². The van der Waals surface area contributed by atoms with Gasteiger partial charge in [-0.3, -0.25) is 4.79 Å². The zero-order valence-electron chi connectivity index (χ0n) is 10.1. The van der Waals surface area contributed by atoms with Crippen LogP contribution in [0.3, 0.4) is 0 Å². The topological polar surface area (TPSA) is 47.4 Å². The molecule has 1 heterocycles. The van der Waals surface area contributed by atoms with E-state index in [2.05, 4.69) is 23.8 Å². The Balaban J connectivity index is 2.43. The molecule has 5 heteroatoms. The third-order valence-corrected chi connectivity index (χ3v) is 2.49. The minimum Gasteiger partial charge on any atom is -0.475 e. The normalized spacial score (nSPS) is 10.8. The number of likely N-dealkylation sites (N-methyl/N-ethyl adjacent to an activating group) is 1. The molecule has 0 atom stereocenters. The van der Waals surface area contributed by atoms with Crippen molar-refractivity contribution in [1.82, 2.24) is 14.7 Å². The molecule has 0 aliphatic heterocycles. The van der Waals surface area contributed by atoms with Gasteiger partial charge < -0.3 is 9.64 Å².